The number of aromatic amines is 1. The van der Waals surface area contributed by atoms with Crippen molar-refractivity contribution in [1.82, 2.24) is 9.55 Å². The predicted molar refractivity (Wildman–Crippen MR) is 91.1 cm³/mol. The molecule has 1 aliphatic heterocycles. The number of aromatic nitrogens is 2. The van der Waals surface area contributed by atoms with E-state index in [9.17, 15) is 18.8 Å². The minimum atomic E-state index is -1.46. The van der Waals surface area contributed by atoms with Gasteiger partial charge in [0.1, 0.15) is 36.7 Å². The number of carbonyl (C=O) groups excluding carboxylic acids is 1. The van der Waals surface area contributed by atoms with E-state index in [0.29, 0.717) is 6.42 Å². The van der Waals surface area contributed by atoms with E-state index in [1.165, 1.54) is 0 Å². The van der Waals surface area contributed by atoms with Crippen LogP contribution in [0.3, 0.4) is 0 Å². The van der Waals surface area contributed by atoms with Crippen molar-refractivity contribution in [2.24, 2.45) is 11.7 Å². The summed E-state index contributed by atoms with van der Waals surface area (Å²) in [6.45, 7) is 3.39. The fourth-order valence-corrected chi connectivity index (χ4v) is 2.56. The van der Waals surface area contributed by atoms with Crippen LogP contribution in [-0.4, -0.2) is 40.4 Å². The van der Waals surface area contributed by atoms with Crippen LogP contribution in [0, 0.1) is 18.3 Å². The number of ether oxygens (including phenoxy) is 2. The Hall–Kier alpha value is -2.44. The average Bonchev–Trinajstić information content (AvgIpc) is 2.98. The van der Waals surface area contributed by atoms with Crippen LogP contribution in [-0.2, 0) is 14.3 Å². The van der Waals surface area contributed by atoms with Gasteiger partial charge < -0.3 is 15.2 Å². The van der Waals surface area contributed by atoms with Crippen molar-refractivity contribution in [1.29, 1.82) is 0 Å². The lowest BCUT2D eigenvalue weighted by molar-refractivity contribution is -0.152. The third kappa shape index (κ3) is 4.20. The van der Waals surface area contributed by atoms with E-state index in [2.05, 4.69) is 10.9 Å². The summed E-state index contributed by atoms with van der Waals surface area (Å²) in [4.78, 5) is 37.3. The lowest BCUT2D eigenvalue weighted by Crippen LogP contribution is -2.39. The molecule has 1 unspecified atom stereocenters. The minimum Gasteiger partial charge on any atom is -0.462 e. The Morgan fingerprint density at radius 1 is 1.62 bits per heavy atom. The van der Waals surface area contributed by atoms with Crippen LogP contribution in [0.2, 0.25) is 0 Å². The monoisotopic (exact) mass is 367 g/mol. The van der Waals surface area contributed by atoms with E-state index >= 15 is 0 Å². The number of nitrogens with zero attached hydrogens (tertiary/aromatic N) is 1. The summed E-state index contributed by atoms with van der Waals surface area (Å²) < 4.78 is 25.8. The number of rotatable bonds is 6. The highest BCUT2D eigenvalue weighted by Crippen LogP contribution is 2.30. The van der Waals surface area contributed by atoms with Gasteiger partial charge in [-0.25, -0.2) is 9.18 Å². The van der Waals surface area contributed by atoms with Gasteiger partial charge in [0, 0.05) is 12.6 Å². The van der Waals surface area contributed by atoms with Crippen molar-refractivity contribution >= 4 is 5.97 Å². The Labute approximate surface area is 149 Å². The first-order chi connectivity index (χ1) is 12.3. The van der Waals surface area contributed by atoms with Crippen molar-refractivity contribution in [3.05, 3.63) is 32.6 Å². The number of hydrogen-bond donors (Lipinski definition) is 2. The van der Waals surface area contributed by atoms with Gasteiger partial charge in [-0.3, -0.25) is 19.1 Å². The highest BCUT2D eigenvalue weighted by Gasteiger charge is 2.38. The molecule has 1 fully saturated rings. The number of nitrogens with two attached hydrogens (primary N) is 1. The van der Waals surface area contributed by atoms with E-state index < -0.39 is 41.8 Å². The molecule has 8 nitrogen and oxygen atoms in total. The molecule has 0 spiro atoms. The predicted octanol–water partition coefficient (Wildman–Crippen LogP) is 0.0601. The van der Waals surface area contributed by atoms with Crippen molar-refractivity contribution in [3.63, 3.8) is 0 Å². The first kappa shape index (κ1) is 19.9. The Balaban J connectivity index is 2.04. The van der Waals surface area contributed by atoms with Gasteiger partial charge in [-0.15, -0.1) is 6.42 Å². The van der Waals surface area contributed by atoms with Crippen LogP contribution in [0.25, 0.3) is 0 Å². The van der Waals surface area contributed by atoms with Crippen molar-refractivity contribution < 1.29 is 18.7 Å². The summed E-state index contributed by atoms with van der Waals surface area (Å²) in [5.41, 5.74) is 4.23. The van der Waals surface area contributed by atoms with E-state index in [1.807, 2.05) is 13.8 Å². The third-order valence-corrected chi connectivity index (χ3v) is 4.51. The second kappa shape index (κ2) is 8.29. The number of alkyl halides is 1. The van der Waals surface area contributed by atoms with Gasteiger partial charge in [-0.2, -0.15) is 0 Å². The molecule has 1 aliphatic rings. The number of terminal acetylenes is 1. The second-order valence-corrected chi connectivity index (χ2v) is 6.28. The van der Waals surface area contributed by atoms with Gasteiger partial charge in [0.25, 0.3) is 5.56 Å². The van der Waals surface area contributed by atoms with E-state index in [1.54, 1.807) is 0 Å². The molecule has 142 valence electrons. The van der Waals surface area contributed by atoms with E-state index in [0.717, 1.165) is 10.8 Å². The van der Waals surface area contributed by atoms with Crippen molar-refractivity contribution in [2.45, 2.75) is 51.2 Å². The summed E-state index contributed by atoms with van der Waals surface area (Å²) in [6, 6.07) is -0.796. The van der Waals surface area contributed by atoms with Gasteiger partial charge in [-0.05, 0) is 5.92 Å². The lowest BCUT2D eigenvalue weighted by Gasteiger charge is -2.19. The zero-order chi connectivity index (χ0) is 19.4. The molecule has 1 saturated heterocycles. The molecule has 1 aromatic rings. The molecule has 5 atom stereocenters. The maximum absolute atomic E-state index is 14.2. The molecule has 0 aliphatic carbocycles. The summed E-state index contributed by atoms with van der Waals surface area (Å²) in [7, 11) is 0. The Kier molecular flexibility index (Phi) is 6.34. The van der Waals surface area contributed by atoms with E-state index in [4.69, 9.17) is 21.6 Å². The van der Waals surface area contributed by atoms with Gasteiger partial charge in [0.2, 0.25) is 0 Å². The highest BCUT2D eigenvalue weighted by atomic mass is 19.1. The Morgan fingerprint density at radius 2 is 2.31 bits per heavy atom. The molecule has 3 N–H and O–H groups in total. The zero-order valence-electron chi connectivity index (χ0n) is 14.6. The number of H-pyrrole nitrogens is 1. The molecular formula is C17H22FN3O5. The maximum atomic E-state index is 14.2. The number of esters is 1. The quantitative estimate of drug-likeness (QED) is 0.542. The normalized spacial score (nSPS) is 24.7. The molecule has 2 rings (SSSR count). The summed E-state index contributed by atoms with van der Waals surface area (Å²) >= 11 is 0. The van der Waals surface area contributed by atoms with Crippen molar-refractivity contribution in [3.8, 4) is 12.3 Å². The van der Waals surface area contributed by atoms with Gasteiger partial charge in [-0.1, -0.05) is 26.2 Å². The van der Waals surface area contributed by atoms with Crippen LogP contribution >= 0.6 is 0 Å². The number of halogens is 1. The average molecular weight is 367 g/mol. The number of carbonyl (C=O) groups is 1. The molecule has 1 aromatic heterocycles. The lowest BCUT2D eigenvalue weighted by atomic mass is 10.0. The standard InChI is InChI=1S/C17H22FN3O5/c1-4-9(3)14(19)16(23)25-8-12-11(18)6-13(26-12)21-7-10(5-2)15(22)20-17(21)24/h2,7,9,11-14H,4,6,8,19H2,1,3H3,(H,20,22,24)/t9-,11?,12-,13-,14-/m1/s1. The summed E-state index contributed by atoms with van der Waals surface area (Å²) in [6.07, 6.45) is 3.44. The molecule has 0 bridgehead atoms. The second-order valence-electron chi connectivity index (χ2n) is 6.28. The van der Waals surface area contributed by atoms with Crippen LogP contribution in [0.5, 0.6) is 0 Å². The molecular weight excluding hydrogens is 345 g/mol. The molecule has 0 radical (unpaired) electrons. The third-order valence-electron chi connectivity index (χ3n) is 4.51. The van der Waals surface area contributed by atoms with Crippen LogP contribution in [0.4, 0.5) is 4.39 Å². The van der Waals surface area contributed by atoms with Gasteiger partial charge in [0.15, 0.2) is 0 Å². The highest BCUT2D eigenvalue weighted by molar-refractivity contribution is 5.75. The molecule has 0 aromatic carbocycles. The fraction of sp³-hybridized carbons (Fsp3) is 0.588. The fourth-order valence-electron chi connectivity index (χ4n) is 2.56. The first-order valence-corrected chi connectivity index (χ1v) is 8.32. The molecule has 0 saturated carbocycles. The smallest absolute Gasteiger partial charge is 0.330 e. The topological polar surface area (TPSA) is 116 Å². The summed E-state index contributed by atoms with van der Waals surface area (Å²) in [5.74, 6) is 1.44. The molecule has 0 amide bonds. The first-order valence-electron chi connectivity index (χ1n) is 8.32. The maximum Gasteiger partial charge on any atom is 0.330 e. The molecule has 2 heterocycles. The van der Waals surface area contributed by atoms with Gasteiger partial charge >= 0.3 is 11.7 Å². The molecule has 26 heavy (non-hydrogen) atoms. The van der Waals surface area contributed by atoms with Crippen molar-refractivity contribution in [2.75, 3.05) is 6.61 Å². The molecule has 9 heteroatoms. The SMILES string of the molecule is C#Cc1cn([C@H]2CC(F)[C@@H](COC(=O)[C@H](N)[C@H](C)CC)O2)c(=O)[nH]c1=O. The minimum absolute atomic E-state index is 0.0668. The van der Waals surface area contributed by atoms with Gasteiger partial charge in [0.05, 0.1) is 0 Å². The zero-order valence-corrected chi connectivity index (χ0v) is 14.6. The Bertz CT molecular complexity index is 812. The van der Waals surface area contributed by atoms with Crippen LogP contribution in [0.15, 0.2) is 15.8 Å². The number of nitrogens with one attached hydrogen (secondary N) is 1. The van der Waals surface area contributed by atoms with Crippen LogP contribution < -0.4 is 17.0 Å². The van der Waals surface area contributed by atoms with E-state index in [-0.39, 0.29) is 24.5 Å². The number of hydrogen-bond acceptors (Lipinski definition) is 6. The Morgan fingerprint density at radius 3 is 2.92 bits per heavy atom. The summed E-state index contributed by atoms with van der Waals surface area (Å²) in [5, 5.41) is 0. The largest absolute Gasteiger partial charge is 0.462 e. The van der Waals surface area contributed by atoms with Crippen LogP contribution in [0.1, 0.15) is 38.5 Å².